The second-order valence-electron chi connectivity index (χ2n) is 9.91. The minimum Gasteiger partial charge on any atom is -0.361 e. The lowest BCUT2D eigenvalue weighted by Crippen LogP contribution is -2.47. The number of nitrogens with one attached hydrogen (secondary N) is 2. The summed E-state index contributed by atoms with van der Waals surface area (Å²) in [6.45, 7) is 0. The van der Waals surface area contributed by atoms with E-state index in [0.717, 1.165) is 21.8 Å². The fraction of sp³-hybridized carbons (Fsp3) is 0.125. The third-order valence-electron chi connectivity index (χ3n) is 7.75. The van der Waals surface area contributed by atoms with E-state index in [1.54, 1.807) is 12.4 Å². The molecule has 198 valence electrons. The zero-order valence-corrected chi connectivity index (χ0v) is 21.4. The molecule has 0 aliphatic heterocycles. The van der Waals surface area contributed by atoms with Crippen LogP contribution in [0.4, 0.5) is 0 Å². The molecule has 4 unspecified atom stereocenters. The molecule has 0 spiro atoms. The molecule has 40 heavy (non-hydrogen) atoms. The highest BCUT2D eigenvalue weighted by atomic mass is 16.6. The number of fused-ring (bicyclic) bond motifs is 2. The SMILES string of the molecule is O=[N+]([O-])C(C(c1ccccc1)c1c[nH]c2ccccc12)C(C(c1ccccc1)c1c[nH]c2ccccc12)[N+](=O)[O-]. The van der Waals surface area contributed by atoms with Crippen LogP contribution in [0.15, 0.2) is 122 Å². The van der Waals surface area contributed by atoms with Crippen LogP contribution in [0.5, 0.6) is 0 Å². The topological polar surface area (TPSA) is 118 Å². The van der Waals surface area contributed by atoms with E-state index in [1.165, 1.54) is 0 Å². The number of hydrogen-bond donors (Lipinski definition) is 2. The molecule has 0 aliphatic carbocycles. The van der Waals surface area contributed by atoms with E-state index in [-0.39, 0.29) is 0 Å². The summed E-state index contributed by atoms with van der Waals surface area (Å²) in [4.78, 5) is 31.8. The van der Waals surface area contributed by atoms with Crippen LogP contribution in [-0.4, -0.2) is 31.9 Å². The standard InChI is InChI=1S/C32H26N4O4/c37-35(38)31(29(21-11-3-1-4-12-21)25-19-33-27-17-9-7-15-23(25)27)32(36(39)40)30(22-13-5-2-6-14-22)26-20-34-28-18-10-8-16-24(26)28/h1-20,29-34H. The molecule has 0 bridgehead atoms. The van der Waals surface area contributed by atoms with Gasteiger partial charge in [-0.3, -0.25) is 20.2 Å². The molecule has 0 aliphatic rings. The largest absolute Gasteiger partial charge is 0.361 e. The van der Waals surface area contributed by atoms with Gasteiger partial charge in [0.2, 0.25) is 0 Å². The molecule has 0 fully saturated rings. The molecule has 8 nitrogen and oxygen atoms in total. The van der Waals surface area contributed by atoms with Gasteiger partial charge in [-0.1, -0.05) is 97.1 Å². The maximum absolute atomic E-state index is 13.1. The number of benzene rings is 4. The van der Waals surface area contributed by atoms with Gasteiger partial charge in [0.05, 0.1) is 11.8 Å². The maximum Gasteiger partial charge on any atom is 0.290 e. The number of nitro groups is 2. The zero-order chi connectivity index (χ0) is 27.6. The van der Waals surface area contributed by atoms with Crippen LogP contribution in [0, 0.1) is 20.2 Å². The summed E-state index contributed by atoms with van der Waals surface area (Å²) < 4.78 is 0. The molecular formula is C32H26N4O4. The average molecular weight is 531 g/mol. The van der Waals surface area contributed by atoms with Gasteiger partial charge in [-0.15, -0.1) is 0 Å². The van der Waals surface area contributed by atoms with Gasteiger partial charge < -0.3 is 9.97 Å². The van der Waals surface area contributed by atoms with Crippen LogP contribution >= 0.6 is 0 Å². The van der Waals surface area contributed by atoms with Gasteiger partial charge in [-0.05, 0) is 34.4 Å². The Morgan fingerprint density at radius 3 is 1.23 bits per heavy atom. The van der Waals surface area contributed by atoms with Gasteiger partial charge in [-0.25, -0.2) is 0 Å². The van der Waals surface area contributed by atoms with Gasteiger partial charge in [0.1, 0.15) is 0 Å². The van der Waals surface area contributed by atoms with Crippen molar-refractivity contribution in [1.82, 2.24) is 9.97 Å². The van der Waals surface area contributed by atoms with Crippen molar-refractivity contribution >= 4 is 21.8 Å². The Morgan fingerprint density at radius 1 is 0.500 bits per heavy atom. The summed E-state index contributed by atoms with van der Waals surface area (Å²) in [5.74, 6) is -1.78. The third-order valence-corrected chi connectivity index (χ3v) is 7.75. The van der Waals surface area contributed by atoms with Crippen LogP contribution in [-0.2, 0) is 0 Å². The highest BCUT2D eigenvalue weighted by Gasteiger charge is 2.54. The number of H-pyrrole nitrogens is 2. The predicted octanol–water partition coefficient (Wildman–Crippen LogP) is 6.90. The molecule has 6 aromatic rings. The fourth-order valence-corrected chi connectivity index (χ4v) is 6.03. The highest BCUT2D eigenvalue weighted by molar-refractivity contribution is 5.85. The van der Waals surface area contributed by atoms with Crippen molar-refractivity contribution in [2.75, 3.05) is 0 Å². The van der Waals surface area contributed by atoms with E-state index >= 15 is 0 Å². The first kappa shape index (κ1) is 25.1. The summed E-state index contributed by atoms with van der Waals surface area (Å²) in [5, 5.41) is 27.9. The Kier molecular flexibility index (Phi) is 6.57. The molecule has 0 saturated carbocycles. The smallest absolute Gasteiger partial charge is 0.290 e. The predicted molar refractivity (Wildman–Crippen MR) is 155 cm³/mol. The molecule has 0 saturated heterocycles. The van der Waals surface area contributed by atoms with Crippen molar-refractivity contribution < 1.29 is 9.85 Å². The fourth-order valence-electron chi connectivity index (χ4n) is 6.03. The van der Waals surface area contributed by atoms with E-state index in [2.05, 4.69) is 9.97 Å². The Morgan fingerprint density at radius 2 is 0.850 bits per heavy atom. The van der Waals surface area contributed by atoms with Crippen molar-refractivity contribution in [3.05, 3.63) is 164 Å². The molecule has 0 radical (unpaired) electrons. The van der Waals surface area contributed by atoms with Gasteiger partial charge in [0.15, 0.2) is 0 Å². The lowest BCUT2D eigenvalue weighted by molar-refractivity contribution is -0.620. The number of aromatic amines is 2. The normalized spacial score (nSPS) is 14.5. The summed E-state index contributed by atoms with van der Waals surface area (Å²) in [6, 6.07) is 30.0. The molecular weight excluding hydrogens is 504 g/mol. The Balaban J connectivity index is 1.62. The summed E-state index contributed by atoms with van der Waals surface area (Å²) in [5.41, 5.74) is 4.23. The zero-order valence-electron chi connectivity index (χ0n) is 21.4. The Labute approximate surface area is 229 Å². The van der Waals surface area contributed by atoms with Gasteiger partial charge in [0.25, 0.3) is 12.1 Å². The van der Waals surface area contributed by atoms with E-state index in [4.69, 9.17) is 0 Å². The third kappa shape index (κ3) is 4.39. The first-order chi connectivity index (χ1) is 19.5. The molecule has 6 rings (SSSR count). The Bertz CT molecular complexity index is 1660. The molecule has 2 heterocycles. The van der Waals surface area contributed by atoms with Crippen molar-refractivity contribution in [3.8, 4) is 0 Å². The van der Waals surface area contributed by atoms with Crippen LogP contribution in [0.2, 0.25) is 0 Å². The second kappa shape index (κ2) is 10.5. The number of nitrogens with zero attached hydrogens (tertiary/aromatic N) is 2. The quantitative estimate of drug-likeness (QED) is 0.156. The van der Waals surface area contributed by atoms with Crippen LogP contribution in [0.1, 0.15) is 34.1 Å². The number of aromatic nitrogens is 2. The monoisotopic (exact) mass is 530 g/mol. The molecule has 2 N–H and O–H groups in total. The second-order valence-corrected chi connectivity index (χ2v) is 9.91. The van der Waals surface area contributed by atoms with E-state index < -0.39 is 33.8 Å². The average Bonchev–Trinajstić information content (AvgIpc) is 3.60. The molecule has 4 atom stereocenters. The van der Waals surface area contributed by atoms with Crippen molar-refractivity contribution in [3.63, 3.8) is 0 Å². The Hall–Kier alpha value is -5.24. The first-order valence-electron chi connectivity index (χ1n) is 13.0. The highest BCUT2D eigenvalue weighted by Crippen LogP contribution is 2.42. The van der Waals surface area contributed by atoms with Crippen LogP contribution in [0.25, 0.3) is 21.8 Å². The molecule has 2 aromatic heterocycles. The molecule has 0 amide bonds. The van der Waals surface area contributed by atoms with Gasteiger partial charge in [0, 0.05) is 44.0 Å². The first-order valence-corrected chi connectivity index (χ1v) is 13.0. The number of para-hydroxylation sites is 2. The van der Waals surface area contributed by atoms with E-state index in [0.29, 0.717) is 22.3 Å². The lowest BCUT2D eigenvalue weighted by atomic mass is 9.74. The van der Waals surface area contributed by atoms with Gasteiger partial charge >= 0.3 is 0 Å². The number of hydrogen-bond acceptors (Lipinski definition) is 4. The number of rotatable bonds is 9. The summed E-state index contributed by atoms with van der Waals surface area (Å²) >= 11 is 0. The van der Waals surface area contributed by atoms with Gasteiger partial charge in [-0.2, -0.15) is 0 Å². The van der Waals surface area contributed by atoms with E-state index in [1.807, 2.05) is 109 Å². The molecule has 4 aromatic carbocycles. The van der Waals surface area contributed by atoms with Crippen molar-refractivity contribution in [2.45, 2.75) is 23.9 Å². The minimum absolute atomic E-state index is 0.461. The van der Waals surface area contributed by atoms with E-state index in [9.17, 15) is 20.2 Å². The maximum atomic E-state index is 13.1. The van der Waals surface area contributed by atoms with Crippen molar-refractivity contribution in [2.24, 2.45) is 0 Å². The summed E-state index contributed by atoms with van der Waals surface area (Å²) in [7, 11) is 0. The van der Waals surface area contributed by atoms with Crippen LogP contribution < -0.4 is 0 Å². The lowest BCUT2D eigenvalue weighted by Gasteiger charge is -2.28. The molecule has 8 heteroatoms. The minimum atomic E-state index is -1.59. The van der Waals surface area contributed by atoms with Crippen molar-refractivity contribution in [1.29, 1.82) is 0 Å². The summed E-state index contributed by atoms with van der Waals surface area (Å²) in [6.07, 6.45) is 3.50. The van der Waals surface area contributed by atoms with Crippen LogP contribution in [0.3, 0.4) is 0 Å².